The normalized spacial score (nSPS) is 17.2. The number of halogens is 2. The summed E-state index contributed by atoms with van der Waals surface area (Å²) in [5, 5.41) is 0.636. The Hall–Kier alpha value is -0.820. The number of sulfonamides is 1. The summed E-state index contributed by atoms with van der Waals surface area (Å²) in [6.45, 7) is 0. The lowest BCUT2D eigenvalue weighted by atomic mass is 10.2. The molecule has 0 heterocycles. The number of benzene rings is 1. The molecule has 0 unspecified atom stereocenters. The predicted molar refractivity (Wildman–Crippen MR) is 73.4 cm³/mol. The molecule has 1 aliphatic carbocycles. The third kappa shape index (κ3) is 3.39. The molecule has 0 radical (unpaired) electrons. The van der Waals surface area contributed by atoms with Crippen LogP contribution in [0.3, 0.4) is 0 Å². The van der Waals surface area contributed by atoms with Crippen LogP contribution in [0.4, 0.5) is 0 Å². The maximum Gasteiger partial charge on any atom is 0.238 e. The van der Waals surface area contributed by atoms with Crippen LogP contribution in [0.1, 0.15) is 18.4 Å². The number of nitrogens with one attached hydrogen (secondary N) is 1. The second-order valence-corrected chi connectivity index (χ2v) is 7.09. The molecule has 3 N–H and O–H groups in total. The lowest BCUT2D eigenvalue weighted by Gasteiger charge is -2.14. The first-order chi connectivity index (χ1) is 8.74. The second-order valence-electron chi connectivity index (χ2n) is 4.56. The summed E-state index contributed by atoms with van der Waals surface area (Å²) in [6.07, 6.45) is 0.867. The Morgan fingerprint density at radius 3 is 2.42 bits per heavy atom. The van der Waals surface area contributed by atoms with Crippen molar-refractivity contribution in [3.05, 3.63) is 33.8 Å². The number of carbonyl (C=O) groups excluding carboxylic acids is 1. The molecule has 5 nitrogen and oxygen atoms in total. The van der Waals surface area contributed by atoms with E-state index in [9.17, 15) is 13.2 Å². The fourth-order valence-electron chi connectivity index (χ4n) is 1.71. The van der Waals surface area contributed by atoms with E-state index in [1.807, 2.05) is 0 Å². The van der Waals surface area contributed by atoms with Crippen molar-refractivity contribution in [2.75, 3.05) is 0 Å². The smallest absolute Gasteiger partial charge is 0.238 e. The van der Waals surface area contributed by atoms with Gasteiger partial charge in [0.2, 0.25) is 15.9 Å². The topological polar surface area (TPSA) is 89.3 Å². The second kappa shape index (κ2) is 4.94. The van der Waals surface area contributed by atoms with E-state index in [0.29, 0.717) is 23.4 Å². The molecule has 1 amide bonds. The van der Waals surface area contributed by atoms with Crippen LogP contribution in [0, 0.1) is 0 Å². The molecule has 104 valence electrons. The van der Waals surface area contributed by atoms with Gasteiger partial charge < -0.3 is 5.73 Å². The number of amides is 1. The predicted octanol–water partition coefficient (Wildman–Crippen LogP) is 1.43. The van der Waals surface area contributed by atoms with Crippen molar-refractivity contribution < 1.29 is 13.2 Å². The SMILES string of the molecule is NC(=O)C1(NS(=O)(=O)Cc2ccc(Cl)c(Cl)c2)CC1. The van der Waals surface area contributed by atoms with Gasteiger partial charge in [0.1, 0.15) is 5.54 Å². The third-order valence-electron chi connectivity index (χ3n) is 2.91. The fraction of sp³-hybridized carbons (Fsp3) is 0.364. The van der Waals surface area contributed by atoms with Crippen LogP contribution < -0.4 is 10.5 Å². The van der Waals surface area contributed by atoms with Crippen LogP contribution in [0.5, 0.6) is 0 Å². The van der Waals surface area contributed by atoms with Crippen molar-refractivity contribution in [1.82, 2.24) is 4.72 Å². The summed E-state index contributed by atoms with van der Waals surface area (Å²) >= 11 is 11.6. The highest BCUT2D eigenvalue weighted by Gasteiger charge is 2.51. The van der Waals surface area contributed by atoms with E-state index in [4.69, 9.17) is 28.9 Å². The number of carbonyl (C=O) groups is 1. The number of nitrogens with two attached hydrogens (primary N) is 1. The molecular weight excluding hydrogens is 311 g/mol. The summed E-state index contributed by atoms with van der Waals surface area (Å²) in [5.41, 5.74) is 4.56. The Morgan fingerprint density at radius 2 is 1.95 bits per heavy atom. The van der Waals surface area contributed by atoms with Gasteiger partial charge in [0.25, 0.3) is 0 Å². The molecule has 0 saturated heterocycles. The number of rotatable bonds is 5. The molecule has 1 aromatic carbocycles. The summed E-state index contributed by atoms with van der Waals surface area (Å²) < 4.78 is 26.3. The average Bonchev–Trinajstić information content (AvgIpc) is 3.03. The van der Waals surface area contributed by atoms with Gasteiger partial charge in [0, 0.05) is 0 Å². The van der Waals surface area contributed by atoms with Gasteiger partial charge in [-0.15, -0.1) is 0 Å². The molecule has 0 aromatic heterocycles. The molecule has 1 aliphatic rings. The average molecular weight is 323 g/mol. The zero-order valence-electron chi connectivity index (χ0n) is 9.82. The molecule has 8 heteroatoms. The minimum absolute atomic E-state index is 0.279. The molecule has 1 saturated carbocycles. The minimum atomic E-state index is -3.66. The Balaban J connectivity index is 2.13. The fourth-order valence-corrected chi connectivity index (χ4v) is 3.62. The quantitative estimate of drug-likeness (QED) is 0.859. The van der Waals surface area contributed by atoms with E-state index in [-0.39, 0.29) is 10.8 Å². The van der Waals surface area contributed by atoms with Gasteiger partial charge in [-0.3, -0.25) is 4.79 Å². The van der Waals surface area contributed by atoms with Crippen LogP contribution in [-0.4, -0.2) is 19.9 Å². The lowest BCUT2D eigenvalue weighted by Crippen LogP contribution is -2.47. The number of primary amides is 1. The van der Waals surface area contributed by atoms with Gasteiger partial charge in [-0.05, 0) is 30.5 Å². The maximum atomic E-state index is 12.0. The summed E-state index contributed by atoms with van der Waals surface area (Å²) in [6, 6.07) is 4.57. The van der Waals surface area contributed by atoms with E-state index in [0.717, 1.165) is 0 Å². The van der Waals surface area contributed by atoms with Gasteiger partial charge in [0.15, 0.2) is 0 Å². The minimum Gasteiger partial charge on any atom is -0.368 e. The van der Waals surface area contributed by atoms with Crippen molar-refractivity contribution in [3.8, 4) is 0 Å². The van der Waals surface area contributed by atoms with Gasteiger partial charge >= 0.3 is 0 Å². The lowest BCUT2D eigenvalue weighted by molar-refractivity contribution is -0.120. The highest BCUT2D eigenvalue weighted by molar-refractivity contribution is 7.88. The largest absolute Gasteiger partial charge is 0.368 e. The van der Waals surface area contributed by atoms with E-state index in [2.05, 4.69) is 4.72 Å². The molecule has 19 heavy (non-hydrogen) atoms. The molecule has 0 spiro atoms. The number of hydrogen-bond acceptors (Lipinski definition) is 3. The maximum absolute atomic E-state index is 12.0. The van der Waals surface area contributed by atoms with Gasteiger partial charge in [-0.2, -0.15) is 4.72 Å². The zero-order chi connectivity index (χ0) is 14.3. The van der Waals surface area contributed by atoms with E-state index < -0.39 is 21.5 Å². The van der Waals surface area contributed by atoms with E-state index in [1.165, 1.54) is 12.1 Å². The van der Waals surface area contributed by atoms with E-state index >= 15 is 0 Å². The summed E-state index contributed by atoms with van der Waals surface area (Å²) in [4.78, 5) is 11.2. The molecule has 0 aliphatic heterocycles. The molecule has 0 bridgehead atoms. The summed E-state index contributed by atoms with van der Waals surface area (Å²) in [5.74, 6) is -0.927. The van der Waals surface area contributed by atoms with Gasteiger partial charge in [0.05, 0.1) is 15.8 Å². The van der Waals surface area contributed by atoms with Crippen LogP contribution in [-0.2, 0) is 20.6 Å². The molecule has 1 fully saturated rings. The van der Waals surface area contributed by atoms with Crippen molar-refractivity contribution in [2.45, 2.75) is 24.1 Å². The Morgan fingerprint density at radius 1 is 1.32 bits per heavy atom. The van der Waals surface area contributed by atoms with Gasteiger partial charge in [-0.1, -0.05) is 29.3 Å². The van der Waals surface area contributed by atoms with E-state index in [1.54, 1.807) is 6.07 Å². The Bertz CT molecular complexity index is 627. The van der Waals surface area contributed by atoms with Crippen LogP contribution in [0.25, 0.3) is 0 Å². The summed E-state index contributed by atoms with van der Waals surface area (Å²) in [7, 11) is -3.66. The van der Waals surface area contributed by atoms with Crippen LogP contribution in [0.15, 0.2) is 18.2 Å². The molecule has 2 rings (SSSR count). The van der Waals surface area contributed by atoms with Gasteiger partial charge in [-0.25, -0.2) is 8.42 Å². The number of hydrogen-bond donors (Lipinski definition) is 2. The first-order valence-corrected chi connectivity index (χ1v) is 7.90. The Labute approximate surface area is 121 Å². The van der Waals surface area contributed by atoms with Crippen molar-refractivity contribution in [1.29, 1.82) is 0 Å². The molecule has 1 aromatic rings. The van der Waals surface area contributed by atoms with Crippen molar-refractivity contribution >= 4 is 39.1 Å². The highest BCUT2D eigenvalue weighted by Crippen LogP contribution is 2.36. The third-order valence-corrected chi connectivity index (χ3v) is 5.07. The monoisotopic (exact) mass is 322 g/mol. The highest BCUT2D eigenvalue weighted by atomic mass is 35.5. The van der Waals surface area contributed by atoms with Crippen molar-refractivity contribution in [3.63, 3.8) is 0 Å². The Kier molecular flexibility index (Phi) is 3.79. The first-order valence-electron chi connectivity index (χ1n) is 5.50. The molecule has 0 atom stereocenters. The van der Waals surface area contributed by atoms with Crippen LogP contribution in [0.2, 0.25) is 10.0 Å². The zero-order valence-corrected chi connectivity index (χ0v) is 12.1. The molecular formula is C11H12Cl2N2O3S. The first kappa shape index (κ1) is 14.6. The van der Waals surface area contributed by atoms with Crippen molar-refractivity contribution in [2.24, 2.45) is 5.73 Å². The van der Waals surface area contributed by atoms with Crippen LogP contribution >= 0.6 is 23.2 Å². The standard InChI is InChI=1S/C11H12Cl2N2O3S/c12-8-2-1-7(5-9(8)13)6-19(17,18)15-11(3-4-11)10(14)16/h1-2,5,15H,3-4,6H2,(H2,14,16).